The van der Waals surface area contributed by atoms with Gasteiger partial charge in [0, 0.05) is 25.1 Å². The first kappa shape index (κ1) is 18.9. The molecule has 2 nitrogen and oxygen atoms in total. The molecule has 1 heterocycles. The fourth-order valence-corrected chi connectivity index (χ4v) is 2.29. The highest BCUT2D eigenvalue weighted by Crippen LogP contribution is 2.07. The van der Waals surface area contributed by atoms with Gasteiger partial charge in [0.25, 0.3) is 0 Å². The molecule has 0 amide bonds. The average Bonchev–Trinajstić information content (AvgIpc) is 2.42. The normalized spacial score (nSPS) is 10.2. The summed E-state index contributed by atoms with van der Waals surface area (Å²) >= 11 is 4.22. The van der Waals surface area contributed by atoms with E-state index in [1.165, 1.54) is 50.5 Å². The van der Waals surface area contributed by atoms with Crippen LogP contribution in [0.1, 0.15) is 50.5 Å². The highest BCUT2D eigenvalue weighted by Gasteiger charge is 2.00. The van der Waals surface area contributed by atoms with Gasteiger partial charge < -0.3 is 22.7 Å². The third-order valence-corrected chi connectivity index (χ3v) is 3.59. The summed E-state index contributed by atoms with van der Waals surface area (Å²) < 4.78 is 2.25. The van der Waals surface area contributed by atoms with Crippen LogP contribution in [0.2, 0.25) is 0 Å². The number of nitrogens with zero attached hydrogens (tertiary/aromatic N) is 1. The van der Waals surface area contributed by atoms with Crippen LogP contribution in [0.5, 0.6) is 0 Å². The van der Waals surface area contributed by atoms with Crippen LogP contribution in [0, 0.1) is 0 Å². The first-order valence-electron chi connectivity index (χ1n) is 7.15. The SMILES string of the molecule is NCc1cc[n+](CCCCCCCCCS)cc1.[Br-]. The number of aryl methyl sites for hydroxylation is 1. The van der Waals surface area contributed by atoms with Gasteiger partial charge in [0.1, 0.15) is 6.54 Å². The second-order valence-corrected chi connectivity index (χ2v) is 5.29. The third-order valence-electron chi connectivity index (χ3n) is 3.27. The second kappa shape index (κ2) is 12.9. The summed E-state index contributed by atoms with van der Waals surface area (Å²) in [5, 5.41) is 0. The van der Waals surface area contributed by atoms with Crippen molar-refractivity contribution in [2.24, 2.45) is 5.73 Å². The van der Waals surface area contributed by atoms with Gasteiger partial charge in [-0.05, 0) is 24.2 Å². The molecule has 2 N–H and O–H groups in total. The van der Waals surface area contributed by atoms with E-state index in [0.29, 0.717) is 6.54 Å². The second-order valence-electron chi connectivity index (χ2n) is 4.85. The molecule has 0 radical (unpaired) electrons. The van der Waals surface area contributed by atoms with Gasteiger partial charge in [0.2, 0.25) is 0 Å². The minimum absolute atomic E-state index is 0. The van der Waals surface area contributed by atoms with Gasteiger partial charge in [-0.1, -0.05) is 25.7 Å². The van der Waals surface area contributed by atoms with E-state index in [1.54, 1.807) is 0 Å². The van der Waals surface area contributed by atoms with Crippen molar-refractivity contribution in [3.63, 3.8) is 0 Å². The fourth-order valence-electron chi connectivity index (χ4n) is 2.06. The molecule has 0 aliphatic heterocycles. The number of nitrogens with two attached hydrogens (primary N) is 1. The zero-order chi connectivity index (χ0) is 13.1. The Bertz CT molecular complexity index is 304. The maximum Gasteiger partial charge on any atom is 0.169 e. The zero-order valence-corrected chi connectivity index (χ0v) is 14.2. The summed E-state index contributed by atoms with van der Waals surface area (Å²) in [5.41, 5.74) is 6.78. The number of rotatable bonds is 10. The molecular weight excluding hydrogens is 320 g/mol. The number of pyridine rings is 1. The molecule has 1 rings (SSSR count). The average molecular weight is 347 g/mol. The van der Waals surface area contributed by atoms with Crippen molar-refractivity contribution in [1.82, 2.24) is 0 Å². The smallest absolute Gasteiger partial charge is 0.169 e. The predicted octanol–water partition coefficient (Wildman–Crippen LogP) is 0.0973. The Morgan fingerprint density at radius 2 is 1.42 bits per heavy atom. The van der Waals surface area contributed by atoms with Gasteiger partial charge in [-0.2, -0.15) is 12.6 Å². The molecule has 19 heavy (non-hydrogen) atoms. The number of thiol groups is 1. The molecule has 1 aromatic rings. The van der Waals surface area contributed by atoms with E-state index in [9.17, 15) is 0 Å². The molecule has 0 aliphatic rings. The number of halogens is 1. The highest BCUT2D eigenvalue weighted by atomic mass is 79.9. The van der Waals surface area contributed by atoms with Crippen LogP contribution in [0.15, 0.2) is 24.5 Å². The molecule has 110 valence electrons. The third kappa shape index (κ3) is 9.47. The number of hydrogen-bond acceptors (Lipinski definition) is 2. The van der Waals surface area contributed by atoms with Crippen LogP contribution >= 0.6 is 12.6 Å². The minimum Gasteiger partial charge on any atom is -1.00 e. The van der Waals surface area contributed by atoms with Crippen molar-refractivity contribution < 1.29 is 21.5 Å². The summed E-state index contributed by atoms with van der Waals surface area (Å²) in [6, 6.07) is 4.22. The maximum atomic E-state index is 5.58. The van der Waals surface area contributed by atoms with E-state index in [-0.39, 0.29) is 17.0 Å². The van der Waals surface area contributed by atoms with Crippen LogP contribution in [-0.4, -0.2) is 5.75 Å². The van der Waals surface area contributed by atoms with Crippen LogP contribution in [0.4, 0.5) is 0 Å². The molecule has 1 aromatic heterocycles. The Kier molecular flexibility index (Phi) is 12.9. The summed E-state index contributed by atoms with van der Waals surface area (Å²) in [6.45, 7) is 1.76. The maximum absolute atomic E-state index is 5.58. The first-order chi connectivity index (χ1) is 8.86. The molecule has 0 saturated heterocycles. The Hall–Kier alpha value is -0.0600. The Balaban J connectivity index is 0.00000324. The van der Waals surface area contributed by atoms with Crippen molar-refractivity contribution in [2.75, 3.05) is 5.75 Å². The zero-order valence-electron chi connectivity index (χ0n) is 11.7. The monoisotopic (exact) mass is 346 g/mol. The van der Waals surface area contributed by atoms with Crippen molar-refractivity contribution in [3.05, 3.63) is 30.1 Å². The van der Waals surface area contributed by atoms with Crippen LogP contribution in [0.3, 0.4) is 0 Å². The van der Waals surface area contributed by atoms with Crippen LogP contribution < -0.4 is 27.3 Å². The quantitative estimate of drug-likeness (QED) is 0.351. The van der Waals surface area contributed by atoms with Gasteiger partial charge in [-0.25, -0.2) is 4.57 Å². The van der Waals surface area contributed by atoms with Gasteiger partial charge in [-0.3, -0.25) is 0 Å². The molecule has 0 bridgehead atoms. The standard InChI is InChI=1S/C15H26N2S.BrH/c16-14-15-8-11-17(12-9-15)10-6-4-2-1-3-5-7-13-18;/h8-9,11-12H,1-7,10,13-14,16H2;1H. The van der Waals surface area contributed by atoms with Crippen molar-refractivity contribution in [3.8, 4) is 0 Å². The summed E-state index contributed by atoms with van der Waals surface area (Å²) in [7, 11) is 0. The Labute approximate surface area is 134 Å². The van der Waals surface area contributed by atoms with Crippen LogP contribution in [0.25, 0.3) is 0 Å². The van der Waals surface area contributed by atoms with Gasteiger partial charge >= 0.3 is 0 Å². The molecule has 0 aliphatic carbocycles. The highest BCUT2D eigenvalue weighted by molar-refractivity contribution is 7.80. The molecule has 0 spiro atoms. The largest absolute Gasteiger partial charge is 1.00 e. The van der Waals surface area contributed by atoms with Crippen LogP contribution in [-0.2, 0) is 13.1 Å². The lowest BCUT2D eigenvalue weighted by Gasteiger charge is -2.00. The van der Waals surface area contributed by atoms with Crippen molar-refractivity contribution in [1.29, 1.82) is 0 Å². The van der Waals surface area contributed by atoms with Gasteiger partial charge in [0.15, 0.2) is 12.4 Å². The number of unbranched alkanes of at least 4 members (excludes halogenated alkanes) is 6. The van der Waals surface area contributed by atoms with E-state index in [4.69, 9.17) is 5.73 Å². The predicted molar refractivity (Wildman–Crippen MR) is 80.7 cm³/mol. The summed E-state index contributed by atoms with van der Waals surface area (Å²) in [4.78, 5) is 0. The van der Waals surface area contributed by atoms with E-state index in [1.807, 2.05) is 0 Å². The Morgan fingerprint density at radius 1 is 0.895 bits per heavy atom. The van der Waals surface area contributed by atoms with E-state index in [0.717, 1.165) is 12.3 Å². The topological polar surface area (TPSA) is 29.9 Å². The minimum atomic E-state index is 0. The molecule has 4 heteroatoms. The van der Waals surface area contributed by atoms with E-state index >= 15 is 0 Å². The first-order valence-corrected chi connectivity index (χ1v) is 7.79. The van der Waals surface area contributed by atoms with E-state index in [2.05, 4.69) is 41.7 Å². The van der Waals surface area contributed by atoms with Gasteiger partial charge in [-0.15, -0.1) is 0 Å². The molecular formula is C15H27BrN2S. The van der Waals surface area contributed by atoms with E-state index < -0.39 is 0 Å². The van der Waals surface area contributed by atoms with Crippen molar-refractivity contribution in [2.45, 2.75) is 58.0 Å². The lowest BCUT2D eigenvalue weighted by molar-refractivity contribution is -0.697. The van der Waals surface area contributed by atoms with Gasteiger partial charge in [0.05, 0.1) is 0 Å². The number of aromatic nitrogens is 1. The Morgan fingerprint density at radius 3 is 1.95 bits per heavy atom. The summed E-state index contributed by atoms with van der Waals surface area (Å²) in [5.74, 6) is 1.04. The van der Waals surface area contributed by atoms with Crippen molar-refractivity contribution >= 4 is 12.6 Å². The molecule has 0 aromatic carbocycles. The summed E-state index contributed by atoms with van der Waals surface area (Å²) in [6.07, 6.45) is 13.6. The molecule has 0 unspecified atom stereocenters. The molecule has 0 fully saturated rings. The molecule has 0 saturated carbocycles. The lowest BCUT2D eigenvalue weighted by Crippen LogP contribution is -3.00. The number of hydrogen-bond donors (Lipinski definition) is 2. The fraction of sp³-hybridized carbons (Fsp3) is 0.667. The lowest BCUT2D eigenvalue weighted by atomic mass is 10.1. The molecule has 0 atom stereocenters.